The van der Waals surface area contributed by atoms with Crippen molar-refractivity contribution in [3.63, 3.8) is 0 Å². The van der Waals surface area contributed by atoms with Gasteiger partial charge in [0.2, 0.25) is 0 Å². The first kappa shape index (κ1) is 26.6. The zero-order valence-electron chi connectivity index (χ0n) is 16.0. The molecule has 4 unspecified atom stereocenters. The Kier molecular flexibility index (Phi) is 7.47. The first-order valence-electron chi connectivity index (χ1n) is 8.42. The van der Waals surface area contributed by atoms with Crippen molar-refractivity contribution in [1.29, 1.82) is 0 Å². The summed E-state index contributed by atoms with van der Waals surface area (Å²) in [4.78, 5) is 58.5. The molecule has 19 heteroatoms. The molecule has 0 bridgehead atoms. The highest BCUT2D eigenvalue weighted by Crippen LogP contribution is 2.42. The normalized spacial score (nSPS) is 23.1. The fraction of sp³-hybridized carbons (Fsp3) is 0.571. The number of carbonyl (C=O) groups is 2. The molecule has 0 saturated carbocycles. The topological polar surface area (TPSA) is 166 Å². The molecule has 0 amide bonds. The van der Waals surface area contributed by atoms with E-state index >= 15 is 0 Å². The molecule has 1 aliphatic heterocycles. The van der Waals surface area contributed by atoms with Gasteiger partial charge >= 0.3 is 37.8 Å². The molecule has 1 N–H and O–H groups in total. The maximum Gasteiger partial charge on any atom is 0.491 e. The zero-order valence-corrected chi connectivity index (χ0v) is 16.9. The lowest BCUT2D eigenvalue weighted by Gasteiger charge is -2.25. The third kappa shape index (κ3) is 6.89. The highest BCUT2D eigenvalue weighted by atomic mass is 31.2. The van der Waals surface area contributed by atoms with Gasteiger partial charge in [-0.05, 0) is 6.92 Å². The van der Waals surface area contributed by atoms with E-state index in [1.54, 1.807) is 0 Å². The minimum absolute atomic E-state index is 0.0372. The quantitative estimate of drug-likeness (QED) is 0.315. The average Bonchev–Trinajstić information content (AvgIpc) is 3.03. The van der Waals surface area contributed by atoms with E-state index in [0.717, 1.165) is 6.20 Å². The van der Waals surface area contributed by atoms with E-state index in [-0.39, 0.29) is 5.56 Å². The molecule has 0 radical (unpaired) electrons. The monoisotopic (exact) mass is 513 g/mol. The van der Waals surface area contributed by atoms with E-state index in [1.807, 2.05) is 4.98 Å². The van der Waals surface area contributed by atoms with E-state index in [4.69, 9.17) is 4.74 Å². The van der Waals surface area contributed by atoms with Gasteiger partial charge in [-0.25, -0.2) is 14.4 Å². The van der Waals surface area contributed by atoms with Gasteiger partial charge < -0.3 is 23.4 Å². The van der Waals surface area contributed by atoms with Gasteiger partial charge in [-0.3, -0.25) is 18.9 Å². The van der Waals surface area contributed by atoms with Crippen LogP contribution in [-0.2, 0) is 32.7 Å². The van der Waals surface area contributed by atoms with Crippen molar-refractivity contribution in [3.05, 3.63) is 32.6 Å². The number of phosphoric ester groups is 1. The minimum Gasteiger partial charge on any atom is -0.746 e. The van der Waals surface area contributed by atoms with Crippen LogP contribution in [0.25, 0.3) is 0 Å². The van der Waals surface area contributed by atoms with Crippen molar-refractivity contribution in [2.24, 2.45) is 0 Å². The average molecular weight is 513 g/mol. The van der Waals surface area contributed by atoms with Crippen LogP contribution in [0, 0.1) is 6.92 Å². The number of nitrogens with zero attached hydrogens (tertiary/aromatic N) is 1. The lowest BCUT2D eigenvalue weighted by Crippen LogP contribution is -2.36. The maximum atomic E-state index is 12.5. The Morgan fingerprint density at radius 2 is 1.79 bits per heavy atom. The Morgan fingerprint density at radius 1 is 1.21 bits per heavy atom. The smallest absolute Gasteiger partial charge is 0.491 e. The number of hydrogen-bond acceptors (Lipinski definition) is 10. The van der Waals surface area contributed by atoms with Crippen LogP contribution in [0.15, 0.2) is 15.8 Å². The number of aromatic amines is 1. The number of carbonyl (C=O) groups excluding carboxylic acids is 2. The largest absolute Gasteiger partial charge is 0.746 e. The second-order valence-corrected chi connectivity index (χ2v) is 7.74. The Bertz CT molecular complexity index is 1080. The summed E-state index contributed by atoms with van der Waals surface area (Å²) >= 11 is 0. The fourth-order valence-corrected chi connectivity index (χ4v) is 3.18. The van der Waals surface area contributed by atoms with Crippen molar-refractivity contribution < 1.29 is 63.9 Å². The summed E-state index contributed by atoms with van der Waals surface area (Å²) in [5.74, 6) is -5.87. The molecule has 2 rings (SSSR count). The second-order valence-electron chi connectivity index (χ2n) is 6.40. The molecule has 1 fully saturated rings. The van der Waals surface area contributed by atoms with Gasteiger partial charge in [0, 0.05) is 18.2 Å². The number of nitrogens with one attached hydrogen (secondary N) is 1. The number of ether oxygens (including phenoxy) is 2. The number of aromatic nitrogens is 2. The number of halogens is 6. The number of alkyl halides is 6. The molecule has 12 nitrogen and oxygen atoms in total. The van der Waals surface area contributed by atoms with Crippen LogP contribution in [0.4, 0.5) is 26.3 Å². The van der Waals surface area contributed by atoms with Crippen LogP contribution >= 0.6 is 7.82 Å². The van der Waals surface area contributed by atoms with Gasteiger partial charge in [0.15, 0.2) is 0 Å². The first-order chi connectivity index (χ1) is 14.9. The third-order valence-electron chi connectivity index (χ3n) is 3.95. The molecule has 1 aromatic heterocycles. The molecule has 1 aliphatic rings. The van der Waals surface area contributed by atoms with Crippen molar-refractivity contribution in [2.45, 2.75) is 44.1 Å². The van der Waals surface area contributed by atoms with Crippen LogP contribution < -0.4 is 16.1 Å². The first-order valence-corrected chi connectivity index (χ1v) is 9.88. The van der Waals surface area contributed by atoms with E-state index in [1.165, 1.54) is 6.92 Å². The Balaban J connectivity index is 2.23. The number of esters is 1. The Hall–Kier alpha value is -2.69. The Morgan fingerprint density at radius 3 is 2.33 bits per heavy atom. The summed E-state index contributed by atoms with van der Waals surface area (Å²) in [5.41, 5.74) is -1.93. The van der Waals surface area contributed by atoms with Crippen LogP contribution in [0.5, 0.6) is 0 Å². The van der Waals surface area contributed by atoms with Gasteiger partial charge in [-0.1, -0.05) is 0 Å². The summed E-state index contributed by atoms with van der Waals surface area (Å²) in [6.07, 6.45) is -16.2. The van der Waals surface area contributed by atoms with Crippen molar-refractivity contribution in [1.82, 2.24) is 9.55 Å². The molecule has 33 heavy (non-hydrogen) atoms. The van der Waals surface area contributed by atoms with E-state index < -0.39 is 74.8 Å². The van der Waals surface area contributed by atoms with Gasteiger partial charge in [0.25, 0.3) is 5.56 Å². The summed E-state index contributed by atoms with van der Waals surface area (Å²) in [7, 11) is -5.98. The molecule has 0 aromatic carbocycles. The molecule has 0 spiro atoms. The number of H-pyrrole nitrogens is 1. The molecule has 1 saturated heterocycles. The van der Waals surface area contributed by atoms with Gasteiger partial charge in [0.1, 0.15) is 18.4 Å². The van der Waals surface area contributed by atoms with E-state index in [2.05, 4.69) is 13.8 Å². The highest BCUT2D eigenvalue weighted by Gasteiger charge is 2.48. The predicted octanol–water partition coefficient (Wildman–Crippen LogP) is 0.197. The molecule has 2 heterocycles. The standard InChI is InChI=1S/C14H13F6N2O10P/c1-5-3-22(12(26)21-9(5)23)8-2-6(31-10(24)13(15,16)17)7(30-8)4-29-33(27,28)32-11(25)14(18,19)20/h3,6-8H,2,4H2,1H3,(H,27,28)(H,21,23,26)/p-1. The van der Waals surface area contributed by atoms with Crippen LogP contribution in [0.2, 0.25) is 0 Å². The Labute approximate surface area is 177 Å². The summed E-state index contributed by atoms with van der Waals surface area (Å²) < 4.78 is 103. The number of phosphoric acid groups is 1. The van der Waals surface area contributed by atoms with Crippen molar-refractivity contribution in [3.8, 4) is 0 Å². The van der Waals surface area contributed by atoms with Crippen LogP contribution in [-0.4, -0.2) is 52.7 Å². The van der Waals surface area contributed by atoms with Crippen LogP contribution in [0.1, 0.15) is 18.2 Å². The van der Waals surface area contributed by atoms with Gasteiger partial charge in [-0.15, -0.1) is 0 Å². The molecule has 186 valence electrons. The summed E-state index contributed by atoms with van der Waals surface area (Å²) in [5, 5.41) is 0. The van der Waals surface area contributed by atoms with Gasteiger partial charge in [-0.2, -0.15) is 26.3 Å². The van der Waals surface area contributed by atoms with E-state index in [9.17, 15) is 55.0 Å². The molecular weight excluding hydrogens is 501 g/mol. The summed E-state index contributed by atoms with van der Waals surface area (Å²) in [6, 6.07) is 0. The fourth-order valence-electron chi connectivity index (χ4n) is 2.49. The summed E-state index contributed by atoms with van der Waals surface area (Å²) in [6.45, 7) is -0.108. The number of hydrogen-bond donors (Lipinski definition) is 1. The number of rotatable bonds is 6. The third-order valence-corrected chi connectivity index (χ3v) is 4.80. The highest BCUT2D eigenvalue weighted by molar-refractivity contribution is 7.46. The van der Waals surface area contributed by atoms with Crippen molar-refractivity contribution >= 4 is 19.8 Å². The molecule has 1 aromatic rings. The zero-order chi connectivity index (χ0) is 25.4. The molecule has 0 aliphatic carbocycles. The van der Waals surface area contributed by atoms with Gasteiger partial charge in [0.05, 0.1) is 6.61 Å². The predicted molar refractivity (Wildman–Crippen MR) is 86.2 cm³/mol. The van der Waals surface area contributed by atoms with Crippen LogP contribution in [0.3, 0.4) is 0 Å². The number of aryl methyl sites for hydroxylation is 1. The second kappa shape index (κ2) is 9.28. The van der Waals surface area contributed by atoms with E-state index in [0.29, 0.717) is 4.57 Å². The lowest BCUT2D eigenvalue weighted by molar-refractivity contribution is -0.238. The lowest BCUT2D eigenvalue weighted by atomic mass is 10.2. The SMILES string of the molecule is Cc1cn(C2CC(OC(=O)C(F)(F)F)C(COP(=O)([O-])OC(=O)C(F)(F)F)O2)c(=O)[nH]c1=O. The molecule has 4 atom stereocenters. The molecular formula is C14H12F6N2O10P-. The maximum absolute atomic E-state index is 12.5. The minimum atomic E-state index is -5.98. The van der Waals surface area contributed by atoms with Crippen molar-refractivity contribution in [2.75, 3.05) is 6.61 Å².